The van der Waals surface area contributed by atoms with Crippen LogP contribution in [-0.4, -0.2) is 30.3 Å². The number of carbonyl (C=O) groups excluding carboxylic acids is 2. The van der Waals surface area contributed by atoms with Gasteiger partial charge < -0.3 is 10.2 Å². The highest BCUT2D eigenvalue weighted by Crippen LogP contribution is 2.24. The fourth-order valence-electron chi connectivity index (χ4n) is 2.12. The molecule has 1 aromatic rings. The van der Waals surface area contributed by atoms with E-state index in [0.29, 0.717) is 17.9 Å². The van der Waals surface area contributed by atoms with Gasteiger partial charge in [0.2, 0.25) is 5.91 Å². The molecule has 1 aliphatic heterocycles. The summed E-state index contributed by atoms with van der Waals surface area (Å²) in [7, 11) is 1.82. The molecule has 0 fully saturated rings. The lowest BCUT2D eigenvalue weighted by molar-refractivity contribution is -0.115. The molecule has 0 aromatic heterocycles. The van der Waals surface area contributed by atoms with Gasteiger partial charge in [-0.3, -0.25) is 9.59 Å². The topological polar surface area (TPSA) is 49.4 Å². The number of benzene rings is 1. The molecule has 1 heterocycles. The van der Waals surface area contributed by atoms with Gasteiger partial charge in [-0.15, -0.1) is 0 Å². The van der Waals surface area contributed by atoms with Gasteiger partial charge in [-0.25, -0.2) is 0 Å². The normalized spacial score (nSPS) is 13.4. The lowest BCUT2D eigenvalue weighted by Gasteiger charge is -2.18. The predicted octanol–water partition coefficient (Wildman–Crippen LogP) is 2.30. The van der Waals surface area contributed by atoms with Crippen molar-refractivity contribution in [2.75, 3.05) is 18.9 Å². The highest BCUT2D eigenvalue weighted by molar-refractivity contribution is 6.02. The van der Waals surface area contributed by atoms with E-state index in [-0.39, 0.29) is 11.8 Å². The molecular weight excluding hydrogens is 240 g/mol. The first kappa shape index (κ1) is 13.6. The predicted molar refractivity (Wildman–Crippen MR) is 75.2 cm³/mol. The number of fused-ring (bicyclic) bond motifs is 1. The van der Waals surface area contributed by atoms with Crippen LogP contribution in [0.5, 0.6) is 0 Å². The minimum Gasteiger partial charge on any atom is -0.342 e. The maximum Gasteiger partial charge on any atom is 0.253 e. The molecule has 0 unspecified atom stereocenters. The molecule has 1 N–H and O–H groups in total. The number of nitrogens with one attached hydrogen (secondary N) is 1. The summed E-state index contributed by atoms with van der Waals surface area (Å²) in [4.78, 5) is 25.3. The Balaban J connectivity index is 2.08. The lowest BCUT2D eigenvalue weighted by atomic mass is 10.1. The van der Waals surface area contributed by atoms with Gasteiger partial charge in [-0.05, 0) is 30.0 Å². The van der Waals surface area contributed by atoms with Crippen molar-refractivity contribution < 1.29 is 9.59 Å². The quantitative estimate of drug-likeness (QED) is 0.903. The van der Waals surface area contributed by atoms with E-state index in [1.807, 2.05) is 13.1 Å². The van der Waals surface area contributed by atoms with E-state index in [1.54, 1.807) is 17.0 Å². The number of carbonyl (C=O) groups is 2. The second-order valence-corrected chi connectivity index (χ2v) is 5.51. The van der Waals surface area contributed by atoms with E-state index in [4.69, 9.17) is 0 Å². The molecule has 2 rings (SSSR count). The van der Waals surface area contributed by atoms with Crippen LogP contribution in [-0.2, 0) is 11.2 Å². The molecule has 2 amide bonds. The zero-order valence-electron chi connectivity index (χ0n) is 11.7. The number of nitrogens with zero attached hydrogens (tertiary/aromatic N) is 1. The first-order valence-electron chi connectivity index (χ1n) is 6.65. The summed E-state index contributed by atoms with van der Waals surface area (Å²) in [6.07, 6.45) is 1.40. The molecule has 0 spiro atoms. The second-order valence-electron chi connectivity index (χ2n) is 5.51. The van der Waals surface area contributed by atoms with Crippen LogP contribution in [0.25, 0.3) is 0 Å². The summed E-state index contributed by atoms with van der Waals surface area (Å²) in [6, 6.07) is 5.43. The molecule has 102 valence electrons. The molecule has 1 aliphatic rings. The third kappa shape index (κ3) is 3.13. The van der Waals surface area contributed by atoms with E-state index in [0.717, 1.165) is 24.2 Å². The van der Waals surface area contributed by atoms with Crippen LogP contribution in [0.3, 0.4) is 0 Å². The van der Waals surface area contributed by atoms with Crippen LogP contribution in [0.2, 0.25) is 0 Å². The summed E-state index contributed by atoms with van der Waals surface area (Å²) in [5.74, 6) is 0.576. The van der Waals surface area contributed by atoms with E-state index in [1.165, 1.54) is 0 Å². The van der Waals surface area contributed by atoms with Crippen molar-refractivity contribution in [3.05, 3.63) is 29.3 Å². The second kappa shape index (κ2) is 5.43. The third-order valence-corrected chi connectivity index (χ3v) is 3.37. The van der Waals surface area contributed by atoms with Crippen molar-refractivity contribution in [1.82, 2.24) is 4.90 Å². The summed E-state index contributed by atoms with van der Waals surface area (Å²) in [5, 5.41) is 2.77. The Morgan fingerprint density at radius 2 is 2.16 bits per heavy atom. The van der Waals surface area contributed by atoms with Crippen LogP contribution in [0.4, 0.5) is 5.69 Å². The Morgan fingerprint density at radius 1 is 1.42 bits per heavy atom. The molecule has 0 saturated carbocycles. The zero-order chi connectivity index (χ0) is 14.0. The summed E-state index contributed by atoms with van der Waals surface area (Å²) in [6.45, 7) is 5.03. The van der Waals surface area contributed by atoms with Crippen LogP contribution in [0.15, 0.2) is 18.2 Å². The largest absolute Gasteiger partial charge is 0.342 e. The first-order chi connectivity index (χ1) is 8.97. The molecule has 19 heavy (non-hydrogen) atoms. The number of rotatable bonds is 4. The molecule has 0 atom stereocenters. The van der Waals surface area contributed by atoms with Crippen molar-refractivity contribution in [3.63, 3.8) is 0 Å². The molecule has 4 heteroatoms. The van der Waals surface area contributed by atoms with Gasteiger partial charge in [-0.2, -0.15) is 0 Å². The van der Waals surface area contributed by atoms with Crippen LogP contribution < -0.4 is 5.32 Å². The lowest BCUT2D eigenvalue weighted by Crippen LogP contribution is -2.28. The van der Waals surface area contributed by atoms with Crippen LogP contribution >= 0.6 is 0 Å². The fraction of sp³-hybridized carbons (Fsp3) is 0.467. The Kier molecular flexibility index (Phi) is 3.88. The summed E-state index contributed by atoms with van der Waals surface area (Å²) < 4.78 is 0. The summed E-state index contributed by atoms with van der Waals surface area (Å²) >= 11 is 0. The Labute approximate surface area is 113 Å². The Hall–Kier alpha value is -1.84. The average molecular weight is 260 g/mol. The van der Waals surface area contributed by atoms with Gasteiger partial charge in [0.1, 0.15) is 0 Å². The van der Waals surface area contributed by atoms with Crippen LogP contribution in [0.1, 0.15) is 36.2 Å². The maximum atomic E-state index is 12.3. The molecular formula is C15H20N2O2. The number of hydrogen-bond acceptors (Lipinski definition) is 2. The first-order valence-corrected chi connectivity index (χ1v) is 6.65. The molecule has 4 nitrogen and oxygen atoms in total. The monoisotopic (exact) mass is 260 g/mol. The minimum absolute atomic E-state index is 0.00426. The van der Waals surface area contributed by atoms with E-state index >= 15 is 0 Å². The van der Waals surface area contributed by atoms with Crippen molar-refractivity contribution in [2.45, 2.75) is 26.7 Å². The third-order valence-electron chi connectivity index (χ3n) is 3.37. The van der Waals surface area contributed by atoms with E-state index in [2.05, 4.69) is 19.2 Å². The maximum absolute atomic E-state index is 12.3. The van der Waals surface area contributed by atoms with Gasteiger partial charge in [-0.1, -0.05) is 19.9 Å². The standard InChI is InChI=1S/C15H20N2O2/c1-10(2)6-7-17(3)15(19)12-5-4-11-9-14(18)16-13(11)8-12/h4-5,8,10H,6-7,9H2,1-3H3,(H,16,18). The number of hydrogen-bond donors (Lipinski definition) is 1. The molecule has 0 aliphatic carbocycles. The molecule has 0 radical (unpaired) electrons. The Morgan fingerprint density at radius 3 is 2.84 bits per heavy atom. The van der Waals surface area contributed by atoms with Crippen molar-refractivity contribution >= 4 is 17.5 Å². The number of amides is 2. The van der Waals surface area contributed by atoms with Crippen molar-refractivity contribution in [2.24, 2.45) is 5.92 Å². The van der Waals surface area contributed by atoms with Gasteiger partial charge in [0.25, 0.3) is 5.91 Å². The van der Waals surface area contributed by atoms with Crippen molar-refractivity contribution in [1.29, 1.82) is 0 Å². The SMILES string of the molecule is CC(C)CCN(C)C(=O)c1ccc2c(c1)NC(=O)C2. The van der Waals surface area contributed by atoms with Gasteiger partial charge in [0.15, 0.2) is 0 Å². The highest BCUT2D eigenvalue weighted by atomic mass is 16.2. The number of anilines is 1. The van der Waals surface area contributed by atoms with Gasteiger partial charge in [0.05, 0.1) is 6.42 Å². The molecule has 0 bridgehead atoms. The van der Waals surface area contributed by atoms with E-state index < -0.39 is 0 Å². The highest BCUT2D eigenvalue weighted by Gasteiger charge is 2.20. The Bertz CT molecular complexity index is 509. The molecule has 1 aromatic carbocycles. The summed E-state index contributed by atoms with van der Waals surface area (Å²) in [5.41, 5.74) is 2.37. The van der Waals surface area contributed by atoms with Crippen LogP contribution in [0, 0.1) is 5.92 Å². The smallest absolute Gasteiger partial charge is 0.253 e. The van der Waals surface area contributed by atoms with Crippen molar-refractivity contribution in [3.8, 4) is 0 Å². The fourth-order valence-corrected chi connectivity index (χ4v) is 2.12. The minimum atomic E-state index is -0.00670. The average Bonchev–Trinajstić information content (AvgIpc) is 2.73. The zero-order valence-corrected chi connectivity index (χ0v) is 11.7. The van der Waals surface area contributed by atoms with E-state index in [9.17, 15) is 9.59 Å². The molecule has 0 saturated heterocycles. The van der Waals surface area contributed by atoms with Gasteiger partial charge in [0, 0.05) is 24.8 Å². The van der Waals surface area contributed by atoms with Gasteiger partial charge >= 0.3 is 0 Å².